The van der Waals surface area contributed by atoms with Crippen LogP contribution in [0.2, 0.25) is 0 Å². The van der Waals surface area contributed by atoms with Crippen molar-refractivity contribution in [2.45, 2.75) is 18.1 Å². The van der Waals surface area contributed by atoms with Crippen LogP contribution in [0.15, 0.2) is 18.2 Å². The SMILES string of the molecule is COc1cc(NC(=O)C2CCCS2)ccc1C(=O)O. The lowest BCUT2D eigenvalue weighted by Gasteiger charge is -2.12. The fraction of sp³-hybridized carbons (Fsp3) is 0.385. The standard InChI is InChI=1S/C13H15NO4S/c1-18-10-7-8(4-5-9(10)13(16)17)14-12(15)11-3-2-6-19-11/h4-5,7,11H,2-3,6H2,1H3,(H,14,15)(H,16,17). The number of hydrogen-bond acceptors (Lipinski definition) is 4. The van der Waals surface area contributed by atoms with Crippen LogP contribution >= 0.6 is 11.8 Å². The molecule has 19 heavy (non-hydrogen) atoms. The smallest absolute Gasteiger partial charge is 0.339 e. The van der Waals surface area contributed by atoms with Gasteiger partial charge in [-0.25, -0.2) is 4.79 Å². The van der Waals surface area contributed by atoms with Gasteiger partial charge in [0.1, 0.15) is 11.3 Å². The second-order valence-corrected chi connectivity index (χ2v) is 5.52. The molecule has 1 atom stereocenters. The minimum Gasteiger partial charge on any atom is -0.496 e. The van der Waals surface area contributed by atoms with E-state index in [1.54, 1.807) is 17.8 Å². The predicted molar refractivity (Wildman–Crippen MR) is 74.1 cm³/mol. The van der Waals surface area contributed by atoms with Gasteiger partial charge in [-0.2, -0.15) is 0 Å². The number of rotatable bonds is 4. The molecule has 1 aliphatic heterocycles. The van der Waals surface area contributed by atoms with Crippen molar-refractivity contribution in [3.63, 3.8) is 0 Å². The molecule has 102 valence electrons. The Morgan fingerprint density at radius 2 is 2.26 bits per heavy atom. The van der Waals surface area contributed by atoms with E-state index in [1.807, 2.05) is 0 Å². The van der Waals surface area contributed by atoms with Gasteiger partial charge in [-0.3, -0.25) is 4.79 Å². The van der Waals surface area contributed by atoms with E-state index in [-0.39, 0.29) is 22.5 Å². The molecule has 0 radical (unpaired) electrons. The van der Waals surface area contributed by atoms with Crippen LogP contribution in [0.25, 0.3) is 0 Å². The summed E-state index contributed by atoms with van der Waals surface area (Å²) < 4.78 is 5.02. The number of ether oxygens (including phenoxy) is 1. The summed E-state index contributed by atoms with van der Waals surface area (Å²) in [4.78, 5) is 22.9. The third kappa shape index (κ3) is 3.20. The van der Waals surface area contributed by atoms with E-state index < -0.39 is 5.97 Å². The number of carboxylic acid groups (broad SMARTS) is 1. The summed E-state index contributed by atoms with van der Waals surface area (Å²) in [5, 5.41) is 11.8. The van der Waals surface area contributed by atoms with Crippen molar-refractivity contribution in [1.29, 1.82) is 0 Å². The average Bonchev–Trinajstić information content (AvgIpc) is 2.92. The molecule has 0 saturated carbocycles. The number of benzene rings is 1. The third-order valence-corrected chi connectivity index (χ3v) is 4.30. The fourth-order valence-electron chi connectivity index (χ4n) is 1.95. The Balaban J connectivity index is 2.12. The molecule has 2 N–H and O–H groups in total. The number of methoxy groups -OCH3 is 1. The highest BCUT2D eigenvalue weighted by Gasteiger charge is 2.23. The highest BCUT2D eigenvalue weighted by Crippen LogP contribution is 2.28. The van der Waals surface area contributed by atoms with E-state index in [2.05, 4.69) is 5.32 Å². The van der Waals surface area contributed by atoms with Gasteiger partial charge in [0.25, 0.3) is 0 Å². The van der Waals surface area contributed by atoms with Crippen molar-refractivity contribution >= 4 is 29.3 Å². The molecule has 1 aliphatic rings. The lowest BCUT2D eigenvalue weighted by Crippen LogP contribution is -2.22. The maximum atomic E-state index is 11.9. The van der Waals surface area contributed by atoms with Crippen LogP contribution < -0.4 is 10.1 Å². The van der Waals surface area contributed by atoms with Crippen LogP contribution in [-0.4, -0.2) is 35.1 Å². The number of carboxylic acids is 1. The van der Waals surface area contributed by atoms with Crippen LogP contribution in [0.3, 0.4) is 0 Å². The summed E-state index contributed by atoms with van der Waals surface area (Å²) in [6, 6.07) is 4.53. The van der Waals surface area contributed by atoms with Crippen molar-refractivity contribution in [2.75, 3.05) is 18.2 Å². The molecule has 0 aromatic heterocycles. The maximum Gasteiger partial charge on any atom is 0.339 e. The first kappa shape index (κ1) is 13.7. The van der Waals surface area contributed by atoms with Gasteiger partial charge < -0.3 is 15.2 Å². The van der Waals surface area contributed by atoms with Crippen LogP contribution in [0.1, 0.15) is 23.2 Å². The molecular weight excluding hydrogens is 266 g/mol. The molecule has 0 bridgehead atoms. The number of thioether (sulfide) groups is 1. The first-order valence-corrected chi connectivity index (χ1v) is 7.00. The van der Waals surface area contributed by atoms with E-state index >= 15 is 0 Å². The predicted octanol–water partition coefficient (Wildman–Crippen LogP) is 2.23. The molecule has 1 aromatic rings. The summed E-state index contributed by atoms with van der Waals surface area (Å²) in [5.74, 6) is 0.164. The number of nitrogens with one attached hydrogen (secondary N) is 1. The van der Waals surface area contributed by atoms with Gasteiger partial charge in [0.15, 0.2) is 0 Å². The zero-order valence-electron chi connectivity index (χ0n) is 10.5. The number of aromatic carboxylic acids is 1. The Morgan fingerprint density at radius 1 is 1.47 bits per heavy atom. The monoisotopic (exact) mass is 281 g/mol. The van der Waals surface area contributed by atoms with Crippen LogP contribution in [-0.2, 0) is 4.79 Å². The molecule has 5 nitrogen and oxygen atoms in total. The highest BCUT2D eigenvalue weighted by molar-refractivity contribution is 8.00. The summed E-state index contributed by atoms with van der Waals surface area (Å²) >= 11 is 1.65. The van der Waals surface area contributed by atoms with Crippen LogP contribution in [0.5, 0.6) is 5.75 Å². The Labute approximate surface area is 115 Å². The van der Waals surface area contributed by atoms with Gasteiger partial charge in [0.2, 0.25) is 5.91 Å². The van der Waals surface area contributed by atoms with Crippen LogP contribution in [0.4, 0.5) is 5.69 Å². The number of carbonyl (C=O) groups excluding carboxylic acids is 1. The molecule has 1 unspecified atom stereocenters. The van der Waals surface area contributed by atoms with Crippen molar-refractivity contribution < 1.29 is 19.4 Å². The Bertz CT molecular complexity index is 497. The van der Waals surface area contributed by atoms with Crippen molar-refractivity contribution in [3.05, 3.63) is 23.8 Å². The molecule has 2 rings (SSSR count). The molecule has 1 aromatic carbocycles. The second-order valence-electron chi connectivity index (χ2n) is 4.21. The van der Waals surface area contributed by atoms with Crippen molar-refractivity contribution in [2.24, 2.45) is 0 Å². The molecule has 1 fully saturated rings. The van der Waals surface area contributed by atoms with Gasteiger partial charge in [-0.05, 0) is 30.7 Å². The van der Waals surface area contributed by atoms with E-state index in [0.717, 1.165) is 18.6 Å². The molecule has 1 saturated heterocycles. The maximum absolute atomic E-state index is 11.9. The first-order valence-electron chi connectivity index (χ1n) is 5.95. The number of hydrogen-bond donors (Lipinski definition) is 2. The molecule has 1 amide bonds. The van der Waals surface area contributed by atoms with Gasteiger partial charge in [0, 0.05) is 11.8 Å². The molecule has 0 aliphatic carbocycles. The van der Waals surface area contributed by atoms with E-state index in [4.69, 9.17) is 9.84 Å². The van der Waals surface area contributed by atoms with E-state index in [9.17, 15) is 9.59 Å². The van der Waals surface area contributed by atoms with Crippen molar-refractivity contribution in [3.8, 4) is 5.75 Å². The normalized spacial score (nSPS) is 18.1. The number of carbonyl (C=O) groups is 2. The lowest BCUT2D eigenvalue weighted by molar-refractivity contribution is -0.115. The molecule has 1 heterocycles. The minimum atomic E-state index is -1.05. The number of anilines is 1. The molecule has 0 spiro atoms. The Hall–Kier alpha value is -1.69. The molecule has 6 heteroatoms. The zero-order valence-corrected chi connectivity index (χ0v) is 11.3. The lowest BCUT2D eigenvalue weighted by atomic mass is 10.1. The zero-order chi connectivity index (χ0) is 13.8. The largest absolute Gasteiger partial charge is 0.496 e. The minimum absolute atomic E-state index is 0.00912. The fourth-order valence-corrected chi connectivity index (χ4v) is 3.11. The highest BCUT2D eigenvalue weighted by atomic mass is 32.2. The average molecular weight is 281 g/mol. The second kappa shape index (κ2) is 5.97. The molecular formula is C13H15NO4S. The van der Waals surface area contributed by atoms with Crippen LogP contribution in [0, 0.1) is 0 Å². The summed E-state index contributed by atoms with van der Waals surface area (Å²) in [5.41, 5.74) is 0.634. The van der Waals surface area contributed by atoms with Gasteiger partial charge >= 0.3 is 5.97 Å². The third-order valence-electron chi connectivity index (χ3n) is 2.92. The Kier molecular flexibility index (Phi) is 4.31. The van der Waals surface area contributed by atoms with E-state index in [0.29, 0.717) is 5.69 Å². The van der Waals surface area contributed by atoms with Gasteiger partial charge in [0.05, 0.1) is 12.4 Å². The number of amides is 1. The van der Waals surface area contributed by atoms with Gasteiger partial charge in [-0.15, -0.1) is 11.8 Å². The Morgan fingerprint density at radius 3 is 2.84 bits per heavy atom. The summed E-state index contributed by atoms with van der Waals surface area (Å²) in [6.45, 7) is 0. The first-order chi connectivity index (χ1) is 9.11. The summed E-state index contributed by atoms with van der Waals surface area (Å²) in [7, 11) is 1.40. The van der Waals surface area contributed by atoms with Gasteiger partial charge in [-0.1, -0.05) is 0 Å². The quantitative estimate of drug-likeness (QED) is 0.885. The summed E-state index contributed by atoms with van der Waals surface area (Å²) in [6.07, 6.45) is 1.95. The topological polar surface area (TPSA) is 75.6 Å². The van der Waals surface area contributed by atoms with Crippen molar-refractivity contribution in [1.82, 2.24) is 0 Å². The van der Waals surface area contributed by atoms with E-state index in [1.165, 1.54) is 19.2 Å².